The Bertz CT molecular complexity index is 754. The van der Waals surface area contributed by atoms with Crippen LogP contribution in [0.1, 0.15) is 42.7 Å². The largest absolute Gasteiger partial charge is 0.343 e. The first kappa shape index (κ1) is 18.2. The zero-order valence-electron chi connectivity index (χ0n) is 16.2. The Morgan fingerprint density at radius 3 is 2.52 bits per heavy atom. The van der Waals surface area contributed by atoms with Gasteiger partial charge in [0.1, 0.15) is 0 Å². The summed E-state index contributed by atoms with van der Waals surface area (Å²) in [7, 11) is 2.27. The second-order valence-corrected chi connectivity index (χ2v) is 8.15. The standard InChI is InChI=1S/C23H29N3O/c1-25-18-21(20-5-3-2-4-6-20)17-23(25)11-15-26(16-12-23)22(27)8-7-19-9-13-24-14-10-19/h2-6,9-10,13-14,21H,7-8,11-12,15-18H2,1H3/t21-/m0/s1. The maximum Gasteiger partial charge on any atom is 0.222 e. The molecule has 1 aromatic heterocycles. The van der Waals surface area contributed by atoms with Crippen molar-refractivity contribution in [1.29, 1.82) is 0 Å². The number of likely N-dealkylation sites (N-methyl/N-ethyl adjacent to an activating group) is 1. The summed E-state index contributed by atoms with van der Waals surface area (Å²) in [6.07, 6.45) is 8.39. The van der Waals surface area contributed by atoms with Crippen LogP contribution in [-0.2, 0) is 11.2 Å². The van der Waals surface area contributed by atoms with E-state index in [9.17, 15) is 4.79 Å². The van der Waals surface area contributed by atoms with Crippen LogP contribution in [0.15, 0.2) is 54.9 Å². The Hall–Kier alpha value is -2.20. The van der Waals surface area contributed by atoms with Crippen LogP contribution in [0.4, 0.5) is 0 Å². The highest BCUT2D eigenvalue weighted by molar-refractivity contribution is 5.76. The van der Waals surface area contributed by atoms with E-state index in [2.05, 4.69) is 52.2 Å². The molecule has 1 spiro atoms. The fraction of sp³-hybridized carbons (Fsp3) is 0.478. The van der Waals surface area contributed by atoms with E-state index in [0.717, 1.165) is 38.9 Å². The van der Waals surface area contributed by atoms with Crippen LogP contribution in [-0.4, -0.2) is 52.9 Å². The first-order valence-electron chi connectivity index (χ1n) is 10.1. The maximum absolute atomic E-state index is 12.6. The fourth-order valence-corrected chi connectivity index (χ4v) is 4.87. The third-order valence-corrected chi connectivity index (χ3v) is 6.63. The van der Waals surface area contributed by atoms with Crippen molar-refractivity contribution in [3.8, 4) is 0 Å². The van der Waals surface area contributed by atoms with E-state index in [4.69, 9.17) is 0 Å². The molecule has 1 amide bonds. The van der Waals surface area contributed by atoms with Crippen molar-refractivity contribution in [1.82, 2.24) is 14.8 Å². The number of amides is 1. The van der Waals surface area contributed by atoms with Crippen LogP contribution in [0.2, 0.25) is 0 Å². The molecule has 3 heterocycles. The van der Waals surface area contributed by atoms with Gasteiger partial charge in [-0.05, 0) is 61.9 Å². The minimum atomic E-state index is 0.266. The quantitative estimate of drug-likeness (QED) is 0.834. The van der Waals surface area contributed by atoms with Crippen LogP contribution < -0.4 is 0 Å². The fourth-order valence-electron chi connectivity index (χ4n) is 4.87. The van der Waals surface area contributed by atoms with E-state index in [1.165, 1.54) is 17.5 Å². The third kappa shape index (κ3) is 3.91. The Morgan fingerprint density at radius 1 is 1.11 bits per heavy atom. The van der Waals surface area contributed by atoms with Gasteiger partial charge in [-0.1, -0.05) is 30.3 Å². The Balaban J connectivity index is 1.32. The number of aromatic nitrogens is 1. The Kier molecular flexibility index (Phi) is 5.26. The number of hydrogen-bond acceptors (Lipinski definition) is 3. The van der Waals surface area contributed by atoms with Gasteiger partial charge in [0.15, 0.2) is 0 Å². The molecule has 4 nitrogen and oxygen atoms in total. The minimum absolute atomic E-state index is 0.266. The number of benzene rings is 1. The van der Waals surface area contributed by atoms with E-state index in [-0.39, 0.29) is 5.54 Å². The molecule has 0 radical (unpaired) electrons. The number of rotatable bonds is 4. The molecular weight excluding hydrogens is 334 g/mol. The van der Waals surface area contributed by atoms with E-state index in [0.29, 0.717) is 18.2 Å². The van der Waals surface area contributed by atoms with Gasteiger partial charge in [0.25, 0.3) is 0 Å². The normalized spacial score (nSPS) is 22.3. The van der Waals surface area contributed by atoms with Crippen LogP contribution in [0, 0.1) is 0 Å². The molecule has 1 aromatic carbocycles. The molecule has 0 aliphatic carbocycles. The lowest BCUT2D eigenvalue weighted by molar-refractivity contribution is -0.133. The number of piperidine rings is 1. The van der Waals surface area contributed by atoms with Gasteiger partial charge in [-0.25, -0.2) is 0 Å². The molecule has 2 aliphatic rings. The van der Waals surface area contributed by atoms with Crippen LogP contribution in [0.5, 0.6) is 0 Å². The van der Waals surface area contributed by atoms with Gasteiger partial charge in [-0.2, -0.15) is 0 Å². The number of carbonyl (C=O) groups excluding carboxylic acids is 1. The smallest absolute Gasteiger partial charge is 0.222 e. The number of aryl methyl sites for hydroxylation is 1. The molecule has 27 heavy (non-hydrogen) atoms. The molecule has 0 N–H and O–H groups in total. The molecule has 2 saturated heterocycles. The molecule has 4 heteroatoms. The van der Waals surface area contributed by atoms with Crippen LogP contribution >= 0.6 is 0 Å². The summed E-state index contributed by atoms with van der Waals surface area (Å²) in [5, 5.41) is 0. The van der Waals surface area contributed by atoms with E-state index < -0.39 is 0 Å². The van der Waals surface area contributed by atoms with Crippen molar-refractivity contribution in [2.45, 2.75) is 43.6 Å². The van der Waals surface area contributed by atoms with Crippen molar-refractivity contribution in [2.75, 3.05) is 26.7 Å². The summed E-state index contributed by atoms with van der Waals surface area (Å²) in [5.74, 6) is 0.909. The molecule has 1 atom stereocenters. The topological polar surface area (TPSA) is 36.4 Å². The van der Waals surface area contributed by atoms with Gasteiger partial charge in [0.05, 0.1) is 0 Å². The van der Waals surface area contributed by atoms with E-state index in [1.54, 1.807) is 12.4 Å². The van der Waals surface area contributed by atoms with Crippen molar-refractivity contribution in [3.63, 3.8) is 0 Å². The minimum Gasteiger partial charge on any atom is -0.343 e. The summed E-state index contributed by atoms with van der Waals surface area (Å²) in [6.45, 7) is 2.90. The maximum atomic E-state index is 12.6. The van der Waals surface area contributed by atoms with Crippen molar-refractivity contribution in [2.24, 2.45) is 0 Å². The molecule has 2 fully saturated rings. The molecule has 0 saturated carbocycles. The highest BCUT2D eigenvalue weighted by Gasteiger charge is 2.46. The van der Waals surface area contributed by atoms with Gasteiger partial charge in [-0.3, -0.25) is 14.7 Å². The predicted molar refractivity (Wildman–Crippen MR) is 108 cm³/mol. The SMILES string of the molecule is CN1C[C@@H](c2ccccc2)CC12CCN(C(=O)CCc1ccncc1)CC2. The monoisotopic (exact) mass is 363 g/mol. The number of carbonyl (C=O) groups is 1. The average Bonchev–Trinajstić information content (AvgIpc) is 3.04. The lowest BCUT2D eigenvalue weighted by Crippen LogP contribution is -2.52. The van der Waals surface area contributed by atoms with Crippen LogP contribution in [0.3, 0.4) is 0 Å². The highest BCUT2D eigenvalue weighted by atomic mass is 16.2. The van der Waals surface area contributed by atoms with Gasteiger partial charge in [-0.15, -0.1) is 0 Å². The van der Waals surface area contributed by atoms with Crippen molar-refractivity contribution in [3.05, 3.63) is 66.0 Å². The lowest BCUT2D eigenvalue weighted by Gasteiger charge is -2.43. The average molecular weight is 364 g/mol. The zero-order chi connectivity index (χ0) is 18.7. The van der Waals surface area contributed by atoms with E-state index >= 15 is 0 Å². The lowest BCUT2D eigenvalue weighted by atomic mass is 9.81. The van der Waals surface area contributed by atoms with Crippen LogP contribution in [0.25, 0.3) is 0 Å². The molecule has 2 aliphatic heterocycles. The van der Waals surface area contributed by atoms with Gasteiger partial charge in [0, 0.05) is 44.0 Å². The molecule has 4 rings (SSSR count). The summed E-state index contributed by atoms with van der Waals surface area (Å²) >= 11 is 0. The first-order chi connectivity index (χ1) is 13.2. The molecule has 0 unspecified atom stereocenters. The summed E-state index contributed by atoms with van der Waals surface area (Å²) in [5.41, 5.74) is 2.91. The van der Waals surface area contributed by atoms with Gasteiger partial charge in [0.2, 0.25) is 5.91 Å². The number of likely N-dealkylation sites (tertiary alicyclic amines) is 2. The predicted octanol–water partition coefficient (Wildman–Crippen LogP) is 3.49. The zero-order valence-corrected chi connectivity index (χ0v) is 16.2. The first-order valence-corrected chi connectivity index (χ1v) is 10.1. The number of nitrogens with zero attached hydrogens (tertiary/aromatic N) is 3. The molecule has 142 valence electrons. The Labute approximate surface area is 162 Å². The summed E-state index contributed by atoms with van der Waals surface area (Å²) in [6, 6.07) is 14.9. The molecular formula is C23H29N3O. The van der Waals surface area contributed by atoms with Crippen molar-refractivity contribution < 1.29 is 4.79 Å². The molecule has 0 bridgehead atoms. The van der Waals surface area contributed by atoms with Gasteiger partial charge >= 0.3 is 0 Å². The number of hydrogen-bond donors (Lipinski definition) is 0. The third-order valence-electron chi connectivity index (χ3n) is 6.63. The highest BCUT2D eigenvalue weighted by Crippen LogP contribution is 2.43. The van der Waals surface area contributed by atoms with Gasteiger partial charge < -0.3 is 4.90 Å². The second-order valence-electron chi connectivity index (χ2n) is 8.15. The van der Waals surface area contributed by atoms with Crippen molar-refractivity contribution >= 4 is 5.91 Å². The number of pyridine rings is 1. The second kappa shape index (κ2) is 7.81. The van der Waals surface area contributed by atoms with E-state index in [1.807, 2.05) is 12.1 Å². The Morgan fingerprint density at radius 2 is 1.81 bits per heavy atom. The summed E-state index contributed by atoms with van der Waals surface area (Å²) < 4.78 is 0. The molecule has 2 aromatic rings. The summed E-state index contributed by atoms with van der Waals surface area (Å²) in [4.78, 5) is 21.3.